The van der Waals surface area contributed by atoms with Gasteiger partial charge in [-0.2, -0.15) is 0 Å². The number of piperidine rings is 2. The highest BCUT2D eigenvalue weighted by molar-refractivity contribution is 6.02. The summed E-state index contributed by atoms with van der Waals surface area (Å²) in [5.41, 5.74) is 1.87. The summed E-state index contributed by atoms with van der Waals surface area (Å²) in [4.78, 5) is 39.1. The Morgan fingerprint density at radius 1 is 1.14 bits per heavy atom. The molecule has 2 saturated heterocycles. The van der Waals surface area contributed by atoms with Gasteiger partial charge >= 0.3 is 5.97 Å². The predicted molar refractivity (Wildman–Crippen MR) is 103 cm³/mol. The van der Waals surface area contributed by atoms with E-state index in [1.54, 1.807) is 0 Å². The Kier molecular flexibility index (Phi) is 5.11. The second kappa shape index (κ2) is 7.69. The van der Waals surface area contributed by atoms with Crippen LogP contribution >= 0.6 is 0 Å². The van der Waals surface area contributed by atoms with Crippen molar-refractivity contribution in [2.45, 2.75) is 38.1 Å². The normalized spacial score (nSPS) is 23.1. The molecule has 0 saturated carbocycles. The summed E-state index contributed by atoms with van der Waals surface area (Å²) in [6, 6.07) is 5.57. The van der Waals surface area contributed by atoms with Crippen LogP contribution in [0.25, 0.3) is 0 Å². The summed E-state index contributed by atoms with van der Waals surface area (Å²) in [6.45, 7) is 2.66. The van der Waals surface area contributed by atoms with Crippen molar-refractivity contribution in [3.05, 3.63) is 18.2 Å². The third-order valence-corrected chi connectivity index (χ3v) is 5.87. The van der Waals surface area contributed by atoms with Crippen molar-refractivity contribution in [1.82, 2.24) is 5.32 Å². The number of benzene rings is 1. The Hall–Kier alpha value is -2.77. The average molecular weight is 387 g/mol. The van der Waals surface area contributed by atoms with E-state index in [2.05, 4.69) is 10.2 Å². The number of ether oxygens (including phenoxy) is 1. The summed E-state index contributed by atoms with van der Waals surface area (Å²) in [5.74, 6) is -0.209. The zero-order chi connectivity index (χ0) is 19.7. The maximum absolute atomic E-state index is 12.4. The highest BCUT2D eigenvalue weighted by atomic mass is 16.5. The number of carbonyl (C=O) groups excluding carboxylic acids is 2. The zero-order valence-electron chi connectivity index (χ0n) is 15.7. The highest BCUT2D eigenvalue weighted by Gasteiger charge is 2.36. The number of hydrogen-bond acceptors (Lipinski definition) is 6. The average Bonchev–Trinajstić information content (AvgIpc) is 2.67. The lowest BCUT2D eigenvalue weighted by Gasteiger charge is -2.40. The zero-order valence-corrected chi connectivity index (χ0v) is 15.7. The number of rotatable bonds is 4. The topological polar surface area (TPSA) is 99.2 Å². The van der Waals surface area contributed by atoms with E-state index >= 15 is 0 Å². The molecule has 2 fully saturated rings. The van der Waals surface area contributed by atoms with Gasteiger partial charge in [-0.25, -0.2) is 0 Å². The third-order valence-electron chi connectivity index (χ3n) is 5.87. The molecule has 150 valence electrons. The third kappa shape index (κ3) is 3.63. The van der Waals surface area contributed by atoms with Gasteiger partial charge in [-0.3, -0.25) is 19.7 Å². The second-order valence-corrected chi connectivity index (χ2v) is 7.66. The number of imide groups is 1. The van der Waals surface area contributed by atoms with Crippen molar-refractivity contribution in [3.63, 3.8) is 0 Å². The van der Waals surface area contributed by atoms with Crippen LogP contribution in [0, 0.1) is 5.92 Å². The number of nitrogens with one attached hydrogen (secondary N) is 1. The van der Waals surface area contributed by atoms with Crippen LogP contribution in [0.1, 0.15) is 32.1 Å². The van der Waals surface area contributed by atoms with Crippen LogP contribution in [0.3, 0.4) is 0 Å². The van der Waals surface area contributed by atoms with Crippen molar-refractivity contribution < 1.29 is 24.2 Å². The first-order valence-electron chi connectivity index (χ1n) is 9.86. The van der Waals surface area contributed by atoms with Crippen LogP contribution in [0.5, 0.6) is 5.75 Å². The SMILES string of the molecule is O=C(O)CC1CCN(c2cccc3c2OCCN3C2CCC(=O)NC2=O)CC1. The molecule has 1 atom stereocenters. The van der Waals surface area contributed by atoms with Gasteiger partial charge in [-0.15, -0.1) is 0 Å². The minimum absolute atomic E-state index is 0.215. The fraction of sp³-hybridized carbons (Fsp3) is 0.550. The van der Waals surface area contributed by atoms with Gasteiger partial charge in [0.15, 0.2) is 5.75 Å². The molecule has 1 aromatic rings. The monoisotopic (exact) mass is 387 g/mol. The molecule has 8 nitrogen and oxygen atoms in total. The van der Waals surface area contributed by atoms with Gasteiger partial charge < -0.3 is 19.6 Å². The Morgan fingerprint density at radius 2 is 1.89 bits per heavy atom. The van der Waals surface area contributed by atoms with E-state index in [0.717, 1.165) is 43.1 Å². The first-order valence-corrected chi connectivity index (χ1v) is 9.86. The van der Waals surface area contributed by atoms with E-state index in [-0.39, 0.29) is 30.2 Å². The number of hydrogen-bond donors (Lipinski definition) is 2. The van der Waals surface area contributed by atoms with E-state index in [4.69, 9.17) is 9.84 Å². The molecule has 0 aromatic heterocycles. The van der Waals surface area contributed by atoms with Crippen LogP contribution in [0.15, 0.2) is 18.2 Å². The standard InChI is InChI=1S/C20H25N3O5/c24-17-5-4-16(20(27)21-17)23-10-11-28-19-14(2-1-3-15(19)23)22-8-6-13(7-9-22)12-18(25)26/h1-3,13,16H,4-12H2,(H,25,26)(H,21,24,27). The molecule has 1 unspecified atom stereocenters. The molecular formula is C20H25N3O5. The molecule has 8 heteroatoms. The Bertz CT molecular complexity index is 788. The molecule has 0 radical (unpaired) electrons. The Balaban J connectivity index is 1.54. The molecule has 3 aliphatic rings. The lowest BCUT2D eigenvalue weighted by Crippen LogP contribution is -2.54. The number of carboxylic acids is 1. The summed E-state index contributed by atoms with van der Waals surface area (Å²) in [6.07, 6.45) is 2.76. The number of aliphatic carboxylic acids is 1. The quantitative estimate of drug-likeness (QED) is 0.753. The van der Waals surface area contributed by atoms with Crippen molar-refractivity contribution in [2.24, 2.45) is 5.92 Å². The smallest absolute Gasteiger partial charge is 0.303 e. The minimum Gasteiger partial charge on any atom is -0.487 e. The number of amides is 2. The van der Waals surface area contributed by atoms with E-state index in [0.29, 0.717) is 26.0 Å². The lowest BCUT2D eigenvalue weighted by molar-refractivity contribution is -0.138. The number of fused-ring (bicyclic) bond motifs is 1. The lowest BCUT2D eigenvalue weighted by atomic mass is 9.93. The maximum atomic E-state index is 12.4. The van der Waals surface area contributed by atoms with E-state index in [1.165, 1.54) is 0 Å². The molecule has 4 rings (SSSR count). The van der Waals surface area contributed by atoms with Crippen LogP contribution in [-0.2, 0) is 14.4 Å². The fourth-order valence-electron chi connectivity index (χ4n) is 4.43. The molecule has 3 aliphatic heterocycles. The van der Waals surface area contributed by atoms with Crippen LogP contribution in [-0.4, -0.2) is 55.2 Å². The fourth-order valence-corrected chi connectivity index (χ4v) is 4.43. The van der Waals surface area contributed by atoms with Gasteiger partial charge in [-0.05, 0) is 37.3 Å². The highest BCUT2D eigenvalue weighted by Crippen LogP contribution is 2.42. The second-order valence-electron chi connectivity index (χ2n) is 7.66. The first kappa shape index (κ1) is 18.6. The molecule has 0 spiro atoms. The molecular weight excluding hydrogens is 362 g/mol. The largest absolute Gasteiger partial charge is 0.487 e. The van der Waals surface area contributed by atoms with Crippen molar-refractivity contribution in [1.29, 1.82) is 0 Å². The number of carboxylic acid groups (broad SMARTS) is 1. The van der Waals surface area contributed by atoms with Gasteiger partial charge in [0.2, 0.25) is 11.8 Å². The summed E-state index contributed by atoms with van der Waals surface area (Å²) >= 11 is 0. The predicted octanol–water partition coefficient (Wildman–Crippen LogP) is 1.38. The number of anilines is 2. The molecule has 2 N–H and O–H groups in total. The number of carbonyl (C=O) groups is 3. The summed E-state index contributed by atoms with van der Waals surface area (Å²) in [7, 11) is 0. The number of nitrogens with zero attached hydrogens (tertiary/aromatic N) is 2. The van der Waals surface area contributed by atoms with Crippen molar-refractivity contribution in [2.75, 3.05) is 36.0 Å². The molecule has 28 heavy (non-hydrogen) atoms. The Labute approximate surface area is 163 Å². The molecule has 3 heterocycles. The van der Waals surface area contributed by atoms with Gasteiger partial charge in [0.05, 0.1) is 17.9 Å². The molecule has 0 aliphatic carbocycles. The van der Waals surface area contributed by atoms with Crippen LogP contribution in [0.4, 0.5) is 11.4 Å². The van der Waals surface area contributed by atoms with Gasteiger partial charge in [0, 0.05) is 25.9 Å². The van der Waals surface area contributed by atoms with Gasteiger partial charge in [0.25, 0.3) is 0 Å². The molecule has 1 aromatic carbocycles. The van der Waals surface area contributed by atoms with Crippen molar-refractivity contribution in [3.8, 4) is 5.75 Å². The van der Waals surface area contributed by atoms with Gasteiger partial charge in [-0.1, -0.05) is 6.07 Å². The van der Waals surface area contributed by atoms with E-state index in [9.17, 15) is 14.4 Å². The Morgan fingerprint density at radius 3 is 2.61 bits per heavy atom. The van der Waals surface area contributed by atoms with E-state index < -0.39 is 5.97 Å². The van der Waals surface area contributed by atoms with Crippen LogP contribution in [0.2, 0.25) is 0 Å². The first-order chi connectivity index (χ1) is 13.5. The van der Waals surface area contributed by atoms with Crippen LogP contribution < -0.4 is 19.9 Å². The van der Waals surface area contributed by atoms with Crippen molar-refractivity contribution >= 4 is 29.2 Å². The summed E-state index contributed by atoms with van der Waals surface area (Å²) in [5, 5.41) is 11.4. The van der Waals surface area contributed by atoms with Gasteiger partial charge in [0.1, 0.15) is 12.6 Å². The maximum Gasteiger partial charge on any atom is 0.303 e. The summed E-state index contributed by atoms with van der Waals surface area (Å²) < 4.78 is 6.00. The minimum atomic E-state index is -0.737. The molecule has 0 bridgehead atoms. The molecule has 2 amide bonds. The van der Waals surface area contributed by atoms with E-state index in [1.807, 2.05) is 23.1 Å². The number of para-hydroxylation sites is 1.